The van der Waals surface area contributed by atoms with Crippen molar-refractivity contribution in [1.82, 2.24) is 0 Å². The third-order valence-corrected chi connectivity index (χ3v) is 4.23. The number of rotatable bonds is 3. The molecule has 6 nitrogen and oxygen atoms in total. The molecule has 0 spiro atoms. The lowest BCUT2D eigenvalue weighted by atomic mass is 9.99. The fourth-order valence-electron chi connectivity index (χ4n) is 2.01. The van der Waals surface area contributed by atoms with E-state index in [4.69, 9.17) is 14.6 Å². The maximum Gasteiger partial charge on any atom is 0.229 e. The first-order valence-corrected chi connectivity index (χ1v) is 7.15. The molecule has 1 fully saturated rings. The molecular formula is C12H17IO6. The van der Waals surface area contributed by atoms with Gasteiger partial charge in [0.1, 0.15) is 30.2 Å². The molecule has 0 unspecified atom stereocenters. The fourth-order valence-corrected chi connectivity index (χ4v) is 2.63. The number of halogens is 1. The van der Waals surface area contributed by atoms with Crippen molar-refractivity contribution >= 4 is 22.6 Å². The molecule has 1 heterocycles. The minimum atomic E-state index is -1.42. The molecule has 0 aromatic heterocycles. The van der Waals surface area contributed by atoms with Crippen molar-refractivity contribution in [3.8, 4) is 0 Å². The second-order valence-electron chi connectivity index (χ2n) is 4.53. The van der Waals surface area contributed by atoms with Crippen LogP contribution in [0.25, 0.3) is 0 Å². The number of ether oxygens (including phenoxy) is 2. The van der Waals surface area contributed by atoms with Crippen LogP contribution in [0.1, 0.15) is 12.8 Å². The van der Waals surface area contributed by atoms with Gasteiger partial charge in [-0.15, -0.1) is 0 Å². The molecule has 0 aromatic carbocycles. The van der Waals surface area contributed by atoms with E-state index in [1.165, 1.54) is 0 Å². The molecule has 1 aliphatic carbocycles. The summed E-state index contributed by atoms with van der Waals surface area (Å²) in [6.45, 7) is -0.462. The summed E-state index contributed by atoms with van der Waals surface area (Å²) in [4.78, 5) is 0. The van der Waals surface area contributed by atoms with Crippen LogP contribution in [0.4, 0.5) is 0 Å². The van der Waals surface area contributed by atoms with E-state index in [1.807, 2.05) is 6.08 Å². The summed E-state index contributed by atoms with van der Waals surface area (Å²) in [5.74, 6) is 0.580. The lowest BCUT2D eigenvalue weighted by Gasteiger charge is -2.39. The van der Waals surface area contributed by atoms with Gasteiger partial charge in [-0.3, -0.25) is 0 Å². The lowest BCUT2D eigenvalue weighted by molar-refractivity contribution is -0.290. The molecule has 4 N–H and O–H groups in total. The predicted octanol–water partition coefficient (Wildman–Crippen LogP) is -0.200. The van der Waals surface area contributed by atoms with Gasteiger partial charge in [-0.25, -0.2) is 0 Å². The standard InChI is InChI=1S/C12H17IO6/c13-6-3-1-2-4-7(6)18-12-11(17)10(16)9(15)8(5-14)19-12/h2,4,8-12,14-17H,1,3,5H2/t8-,9+,10+,11-,12-/m1/s1. The maximum atomic E-state index is 9.85. The molecule has 2 rings (SSSR count). The molecule has 0 bridgehead atoms. The Labute approximate surface area is 124 Å². The molecule has 5 atom stereocenters. The molecule has 19 heavy (non-hydrogen) atoms. The largest absolute Gasteiger partial charge is 0.461 e. The Bertz CT molecular complexity index is 380. The van der Waals surface area contributed by atoms with Crippen molar-refractivity contribution in [2.24, 2.45) is 0 Å². The fraction of sp³-hybridized carbons (Fsp3) is 0.667. The van der Waals surface area contributed by atoms with Gasteiger partial charge in [0.05, 0.1) is 6.61 Å². The molecule has 0 aromatic rings. The average Bonchev–Trinajstić information content (AvgIpc) is 2.41. The van der Waals surface area contributed by atoms with Gasteiger partial charge in [-0.1, -0.05) is 6.08 Å². The van der Waals surface area contributed by atoms with E-state index in [2.05, 4.69) is 22.6 Å². The molecule has 1 saturated heterocycles. The highest BCUT2D eigenvalue weighted by Crippen LogP contribution is 2.29. The molecule has 0 saturated carbocycles. The van der Waals surface area contributed by atoms with E-state index in [0.29, 0.717) is 5.76 Å². The highest BCUT2D eigenvalue weighted by Gasteiger charge is 2.44. The quantitative estimate of drug-likeness (QED) is 0.503. The van der Waals surface area contributed by atoms with Gasteiger partial charge in [-0.05, 0) is 41.5 Å². The van der Waals surface area contributed by atoms with Crippen molar-refractivity contribution in [2.45, 2.75) is 43.5 Å². The molecular weight excluding hydrogens is 367 g/mol. The van der Waals surface area contributed by atoms with E-state index >= 15 is 0 Å². The van der Waals surface area contributed by atoms with E-state index in [0.717, 1.165) is 16.4 Å². The van der Waals surface area contributed by atoms with Crippen molar-refractivity contribution in [1.29, 1.82) is 0 Å². The van der Waals surface area contributed by atoms with Crippen LogP contribution in [0.15, 0.2) is 21.5 Å². The third-order valence-electron chi connectivity index (χ3n) is 3.16. The van der Waals surface area contributed by atoms with E-state index in [-0.39, 0.29) is 0 Å². The average molecular weight is 384 g/mol. The summed E-state index contributed by atoms with van der Waals surface area (Å²) in [5, 5.41) is 38.2. The van der Waals surface area contributed by atoms with Gasteiger partial charge in [0, 0.05) is 3.58 Å². The van der Waals surface area contributed by atoms with Gasteiger partial charge < -0.3 is 29.9 Å². The van der Waals surface area contributed by atoms with Gasteiger partial charge in [-0.2, -0.15) is 0 Å². The Hall–Kier alpha value is -0.190. The van der Waals surface area contributed by atoms with Crippen molar-refractivity contribution < 1.29 is 29.9 Å². The summed E-state index contributed by atoms with van der Waals surface area (Å²) in [7, 11) is 0. The zero-order chi connectivity index (χ0) is 14.0. The number of hydrogen-bond acceptors (Lipinski definition) is 6. The van der Waals surface area contributed by atoms with Crippen LogP contribution in [-0.4, -0.2) is 57.7 Å². The first-order valence-electron chi connectivity index (χ1n) is 6.07. The predicted molar refractivity (Wildman–Crippen MR) is 74.3 cm³/mol. The van der Waals surface area contributed by atoms with Gasteiger partial charge in [0.25, 0.3) is 0 Å². The van der Waals surface area contributed by atoms with Crippen molar-refractivity contribution in [2.75, 3.05) is 6.61 Å². The topological polar surface area (TPSA) is 99.4 Å². The summed E-state index contributed by atoms with van der Waals surface area (Å²) in [5.41, 5.74) is 0. The van der Waals surface area contributed by atoms with Crippen molar-refractivity contribution in [3.05, 3.63) is 21.5 Å². The van der Waals surface area contributed by atoms with Crippen molar-refractivity contribution in [3.63, 3.8) is 0 Å². The van der Waals surface area contributed by atoms with E-state index in [1.54, 1.807) is 6.08 Å². The minimum Gasteiger partial charge on any atom is -0.461 e. The monoisotopic (exact) mass is 384 g/mol. The first kappa shape index (κ1) is 15.2. The van der Waals surface area contributed by atoms with Gasteiger partial charge in [0.2, 0.25) is 6.29 Å². The summed E-state index contributed by atoms with van der Waals surface area (Å²) < 4.78 is 11.8. The van der Waals surface area contributed by atoms with Crippen LogP contribution in [0, 0.1) is 0 Å². The molecule has 0 amide bonds. The first-order chi connectivity index (χ1) is 9.04. The summed E-state index contributed by atoms with van der Waals surface area (Å²) in [6.07, 6.45) is -0.702. The van der Waals surface area contributed by atoms with Crippen LogP contribution in [0.5, 0.6) is 0 Å². The zero-order valence-corrected chi connectivity index (χ0v) is 12.3. The normalized spacial score (nSPS) is 39.5. The van der Waals surface area contributed by atoms with E-state index in [9.17, 15) is 15.3 Å². The highest BCUT2D eigenvalue weighted by atomic mass is 127. The number of aliphatic hydroxyl groups is 4. The Morgan fingerprint density at radius 1 is 1.26 bits per heavy atom. The Kier molecular flexibility index (Phi) is 5.21. The summed E-state index contributed by atoms with van der Waals surface area (Å²) in [6, 6.07) is 0. The second-order valence-corrected chi connectivity index (χ2v) is 5.83. The molecule has 0 radical (unpaired) electrons. The van der Waals surface area contributed by atoms with Gasteiger partial charge >= 0.3 is 0 Å². The number of hydrogen-bond donors (Lipinski definition) is 4. The molecule has 2 aliphatic rings. The molecule has 7 heteroatoms. The van der Waals surface area contributed by atoms with Crippen LogP contribution < -0.4 is 0 Å². The maximum absolute atomic E-state index is 9.85. The smallest absolute Gasteiger partial charge is 0.229 e. The Morgan fingerprint density at radius 3 is 2.63 bits per heavy atom. The summed E-state index contributed by atoms with van der Waals surface area (Å²) >= 11 is 2.15. The number of aliphatic hydroxyl groups excluding tert-OH is 4. The minimum absolute atomic E-state index is 0.462. The Balaban J connectivity index is 2.09. The SMILES string of the molecule is OC[C@H]1O[C@@H](OC2=C(I)CCC=C2)[C@H](O)[C@@H](O)[C@H]1O. The third kappa shape index (κ3) is 3.29. The van der Waals surface area contributed by atoms with Crippen LogP contribution in [0.3, 0.4) is 0 Å². The Morgan fingerprint density at radius 2 is 2.00 bits per heavy atom. The lowest BCUT2D eigenvalue weighted by Crippen LogP contribution is -2.59. The van der Waals surface area contributed by atoms with Crippen LogP contribution >= 0.6 is 22.6 Å². The van der Waals surface area contributed by atoms with Gasteiger partial charge in [0.15, 0.2) is 0 Å². The van der Waals surface area contributed by atoms with Crippen LogP contribution in [-0.2, 0) is 9.47 Å². The zero-order valence-electron chi connectivity index (χ0n) is 10.1. The molecule has 1 aliphatic heterocycles. The highest BCUT2D eigenvalue weighted by molar-refractivity contribution is 14.1. The number of allylic oxidation sites excluding steroid dienone is 3. The molecule has 108 valence electrons. The second kappa shape index (κ2) is 6.51. The van der Waals surface area contributed by atoms with E-state index < -0.39 is 37.3 Å². The van der Waals surface area contributed by atoms with Crippen LogP contribution in [0.2, 0.25) is 0 Å².